The molecule has 0 fully saturated rings. The maximum absolute atomic E-state index is 13.4. The maximum Gasteiger partial charge on any atom is 0.417 e. The van der Waals surface area contributed by atoms with Crippen LogP contribution in [-0.2, 0) is 6.18 Å². The van der Waals surface area contributed by atoms with Gasteiger partial charge in [0.2, 0.25) is 0 Å². The zero-order valence-corrected chi connectivity index (χ0v) is 9.77. The lowest BCUT2D eigenvalue weighted by molar-refractivity contribution is -0.138. The van der Waals surface area contributed by atoms with Gasteiger partial charge in [0.1, 0.15) is 11.6 Å². The van der Waals surface area contributed by atoms with Crippen molar-refractivity contribution in [2.24, 2.45) is 0 Å². The first-order valence-electron chi connectivity index (χ1n) is 4.49. The van der Waals surface area contributed by atoms with Crippen molar-refractivity contribution in [3.8, 4) is 11.3 Å². The van der Waals surface area contributed by atoms with Crippen molar-refractivity contribution in [2.75, 3.05) is 0 Å². The van der Waals surface area contributed by atoms with E-state index in [1.165, 1.54) is 18.4 Å². The Kier molecular flexibility index (Phi) is 2.99. The minimum absolute atomic E-state index is 0.0445. The molecule has 0 spiro atoms. The van der Waals surface area contributed by atoms with E-state index in [9.17, 15) is 17.6 Å². The normalized spacial score (nSPS) is 11.8. The van der Waals surface area contributed by atoms with Gasteiger partial charge in [0.25, 0.3) is 0 Å². The average molecular weight is 309 g/mol. The van der Waals surface area contributed by atoms with E-state index in [-0.39, 0.29) is 11.3 Å². The van der Waals surface area contributed by atoms with Crippen LogP contribution in [0.1, 0.15) is 5.56 Å². The summed E-state index contributed by atoms with van der Waals surface area (Å²) in [5.41, 5.74) is -1.02. The van der Waals surface area contributed by atoms with E-state index >= 15 is 0 Å². The Balaban J connectivity index is 2.62. The monoisotopic (exact) mass is 308 g/mol. The van der Waals surface area contributed by atoms with Crippen molar-refractivity contribution < 1.29 is 22.0 Å². The van der Waals surface area contributed by atoms with Gasteiger partial charge >= 0.3 is 6.18 Å². The van der Waals surface area contributed by atoms with E-state index < -0.39 is 22.0 Å². The summed E-state index contributed by atoms with van der Waals surface area (Å²) in [7, 11) is 0. The average Bonchev–Trinajstić information content (AvgIpc) is 2.73. The highest BCUT2D eigenvalue weighted by Crippen LogP contribution is 2.38. The topological polar surface area (TPSA) is 13.1 Å². The molecule has 0 bridgehead atoms. The highest BCUT2D eigenvalue weighted by molar-refractivity contribution is 9.10. The molecule has 0 aliphatic carbocycles. The molecule has 90 valence electrons. The standard InChI is InChI=1S/C11H5BrF4O/c12-10-7(11(14,15)16)4-6(5-8(10)13)9-2-1-3-17-9/h1-5H. The number of alkyl halides is 3. The summed E-state index contributed by atoms with van der Waals surface area (Å²) in [6.45, 7) is 0. The second-order valence-corrected chi connectivity index (χ2v) is 4.09. The third-order valence-electron chi connectivity index (χ3n) is 2.14. The molecule has 0 N–H and O–H groups in total. The highest BCUT2D eigenvalue weighted by atomic mass is 79.9. The van der Waals surface area contributed by atoms with Crippen LogP contribution in [0.2, 0.25) is 0 Å². The first kappa shape index (κ1) is 12.2. The Morgan fingerprint density at radius 3 is 2.41 bits per heavy atom. The summed E-state index contributed by atoms with van der Waals surface area (Å²) >= 11 is 2.59. The zero-order valence-electron chi connectivity index (χ0n) is 8.18. The van der Waals surface area contributed by atoms with E-state index in [2.05, 4.69) is 15.9 Å². The second kappa shape index (κ2) is 4.18. The summed E-state index contributed by atoms with van der Waals surface area (Å²) in [5.74, 6) is -0.798. The van der Waals surface area contributed by atoms with Crippen LogP contribution in [0.4, 0.5) is 17.6 Å². The fourth-order valence-corrected chi connectivity index (χ4v) is 1.83. The van der Waals surface area contributed by atoms with Gasteiger partial charge in [-0.15, -0.1) is 0 Å². The van der Waals surface area contributed by atoms with Gasteiger partial charge in [0.15, 0.2) is 0 Å². The Labute approximate surface area is 102 Å². The van der Waals surface area contributed by atoms with E-state index in [1.54, 1.807) is 0 Å². The first-order valence-corrected chi connectivity index (χ1v) is 5.29. The summed E-state index contributed by atoms with van der Waals surface area (Å²) in [6.07, 6.45) is -3.31. The van der Waals surface area contributed by atoms with Crippen LogP contribution in [0.15, 0.2) is 39.4 Å². The minimum atomic E-state index is -4.62. The molecular weight excluding hydrogens is 304 g/mol. The molecule has 2 rings (SSSR count). The van der Waals surface area contributed by atoms with Crippen LogP contribution in [0.3, 0.4) is 0 Å². The number of rotatable bonds is 1. The predicted molar refractivity (Wildman–Crippen MR) is 56.8 cm³/mol. The van der Waals surface area contributed by atoms with Crippen LogP contribution in [0, 0.1) is 5.82 Å². The molecule has 1 heterocycles. The molecule has 2 aromatic rings. The van der Waals surface area contributed by atoms with Gasteiger partial charge < -0.3 is 4.42 Å². The molecule has 0 aliphatic rings. The van der Waals surface area contributed by atoms with Gasteiger partial charge in [0.05, 0.1) is 16.3 Å². The molecule has 0 saturated carbocycles. The van der Waals surface area contributed by atoms with Gasteiger partial charge in [-0.05, 0) is 40.2 Å². The van der Waals surface area contributed by atoms with E-state index in [1.807, 2.05) is 0 Å². The Morgan fingerprint density at radius 2 is 1.88 bits per heavy atom. The van der Waals surface area contributed by atoms with Crippen molar-refractivity contribution in [2.45, 2.75) is 6.18 Å². The van der Waals surface area contributed by atoms with Crippen molar-refractivity contribution >= 4 is 15.9 Å². The fourth-order valence-electron chi connectivity index (χ4n) is 1.38. The number of halogens is 5. The van der Waals surface area contributed by atoms with Crippen LogP contribution in [0.5, 0.6) is 0 Å². The largest absolute Gasteiger partial charge is 0.464 e. The molecule has 17 heavy (non-hydrogen) atoms. The van der Waals surface area contributed by atoms with E-state index in [4.69, 9.17) is 4.42 Å². The predicted octanol–water partition coefficient (Wildman–Crippen LogP) is 4.87. The molecule has 1 aromatic heterocycles. The maximum atomic E-state index is 13.4. The SMILES string of the molecule is Fc1cc(-c2ccco2)cc(C(F)(F)F)c1Br. The quantitative estimate of drug-likeness (QED) is 0.685. The van der Waals surface area contributed by atoms with Crippen LogP contribution in [0.25, 0.3) is 11.3 Å². The van der Waals surface area contributed by atoms with Crippen molar-refractivity contribution in [1.82, 2.24) is 0 Å². The molecule has 1 nitrogen and oxygen atoms in total. The van der Waals surface area contributed by atoms with Gasteiger partial charge in [0, 0.05) is 5.56 Å². The summed E-state index contributed by atoms with van der Waals surface area (Å²) in [4.78, 5) is 0. The Hall–Kier alpha value is -1.30. The lowest BCUT2D eigenvalue weighted by Crippen LogP contribution is -2.07. The van der Waals surface area contributed by atoms with Crippen molar-refractivity contribution in [3.05, 3.63) is 46.4 Å². The lowest BCUT2D eigenvalue weighted by Gasteiger charge is -2.11. The molecule has 1 aromatic carbocycles. The molecule has 0 radical (unpaired) electrons. The fraction of sp³-hybridized carbons (Fsp3) is 0.0909. The van der Waals surface area contributed by atoms with E-state index in [0.29, 0.717) is 0 Å². The van der Waals surface area contributed by atoms with Crippen molar-refractivity contribution in [3.63, 3.8) is 0 Å². The summed E-state index contributed by atoms with van der Waals surface area (Å²) in [5, 5.41) is 0. The number of hydrogen-bond donors (Lipinski definition) is 0. The van der Waals surface area contributed by atoms with Gasteiger partial charge in [-0.1, -0.05) is 0 Å². The van der Waals surface area contributed by atoms with Crippen LogP contribution >= 0.6 is 15.9 Å². The first-order chi connectivity index (χ1) is 7.89. The number of furan rings is 1. The van der Waals surface area contributed by atoms with Crippen molar-refractivity contribution in [1.29, 1.82) is 0 Å². The minimum Gasteiger partial charge on any atom is -0.464 e. The molecule has 6 heteroatoms. The molecule has 0 amide bonds. The summed E-state index contributed by atoms with van der Waals surface area (Å²) in [6, 6.07) is 4.80. The smallest absolute Gasteiger partial charge is 0.417 e. The zero-order chi connectivity index (χ0) is 12.6. The third kappa shape index (κ3) is 2.36. The molecule has 0 aliphatic heterocycles. The Bertz CT molecular complexity index is 531. The number of hydrogen-bond acceptors (Lipinski definition) is 1. The van der Waals surface area contributed by atoms with Crippen LogP contribution in [-0.4, -0.2) is 0 Å². The molecule has 0 unspecified atom stereocenters. The summed E-state index contributed by atoms with van der Waals surface area (Å²) < 4.78 is 55.6. The second-order valence-electron chi connectivity index (χ2n) is 3.29. The van der Waals surface area contributed by atoms with Gasteiger partial charge in [-0.3, -0.25) is 0 Å². The van der Waals surface area contributed by atoms with Gasteiger partial charge in [-0.2, -0.15) is 13.2 Å². The van der Waals surface area contributed by atoms with E-state index in [0.717, 1.165) is 12.1 Å². The lowest BCUT2D eigenvalue weighted by atomic mass is 10.1. The Morgan fingerprint density at radius 1 is 1.18 bits per heavy atom. The van der Waals surface area contributed by atoms with Gasteiger partial charge in [-0.25, -0.2) is 4.39 Å². The molecule has 0 saturated heterocycles. The molecular formula is C11H5BrF4O. The van der Waals surface area contributed by atoms with Crippen LogP contribution < -0.4 is 0 Å². The third-order valence-corrected chi connectivity index (χ3v) is 2.95. The highest BCUT2D eigenvalue weighted by Gasteiger charge is 2.34. The number of benzene rings is 1. The molecule has 0 atom stereocenters.